The van der Waals surface area contributed by atoms with E-state index in [-0.39, 0.29) is 17.3 Å². The number of carbonyl (C=O) groups excluding carboxylic acids is 1. The van der Waals surface area contributed by atoms with E-state index in [4.69, 9.17) is 4.74 Å². The number of anilines is 1. The Labute approximate surface area is 153 Å². The molecule has 3 rings (SSSR count). The summed E-state index contributed by atoms with van der Waals surface area (Å²) in [6.07, 6.45) is 1.38. The van der Waals surface area contributed by atoms with E-state index in [1.165, 1.54) is 12.1 Å². The predicted octanol–water partition coefficient (Wildman–Crippen LogP) is 2.69. The first-order valence-electron chi connectivity index (χ1n) is 8.62. The summed E-state index contributed by atoms with van der Waals surface area (Å²) in [7, 11) is -3.65. The quantitative estimate of drug-likeness (QED) is 0.808. The molecule has 0 atom stereocenters. The summed E-state index contributed by atoms with van der Waals surface area (Å²) >= 11 is 0. The molecule has 0 aliphatic carbocycles. The maximum Gasteiger partial charge on any atom is 0.240 e. The smallest absolute Gasteiger partial charge is 0.240 e. The van der Waals surface area contributed by atoms with Gasteiger partial charge >= 0.3 is 0 Å². The zero-order valence-corrected chi connectivity index (χ0v) is 15.5. The van der Waals surface area contributed by atoms with Crippen LogP contribution >= 0.6 is 0 Å². The highest BCUT2D eigenvalue weighted by molar-refractivity contribution is 7.89. The molecule has 0 unspecified atom stereocenters. The molecule has 1 N–H and O–H groups in total. The third-order valence-corrected chi connectivity index (χ3v) is 5.67. The first kappa shape index (κ1) is 18.4. The number of benzene rings is 2. The van der Waals surface area contributed by atoms with Crippen LogP contribution in [0, 0.1) is 0 Å². The molecule has 1 amide bonds. The van der Waals surface area contributed by atoms with E-state index in [1.54, 1.807) is 17.0 Å². The average Bonchev–Trinajstić information content (AvgIpc) is 3.07. The third-order valence-electron chi connectivity index (χ3n) is 4.26. The lowest BCUT2D eigenvalue weighted by Gasteiger charge is -2.16. The molecular weight excluding hydrogens is 352 g/mol. The molecule has 0 bridgehead atoms. The van der Waals surface area contributed by atoms with Gasteiger partial charge in [-0.1, -0.05) is 18.2 Å². The van der Waals surface area contributed by atoms with Crippen LogP contribution in [0.5, 0.6) is 5.75 Å². The number of ether oxygens (including phenoxy) is 1. The van der Waals surface area contributed by atoms with Gasteiger partial charge in [0.15, 0.2) is 0 Å². The summed E-state index contributed by atoms with van der Waals surface area (Å²) in [6.45, 7) is 3.22. The Balaban J connectivity index is 1.71. The molecule has 7 heteroatoms. The number of hydrogen-bond acceptors (Lipinski definition) is 4. The molecule has 2 aromatic rings. The van der Waals surface area contributed by atoms with E-state index >= 15 is 0 Å². The number of nitrogens with one attached hydrogen (secondary N) is 1. The fraction of sp³-hybridized carbons (Fsp3) is 0.316. The molecule has 1 saturated heterocycles. The second-order valence-corrected chi connectivity index (χ2v) is 7.78. The highest BCUT2D eigenvalue weighted by atomic mass is 32.2. The Hall–Kier alpha value is -2.38. The second-order valence-electron chi connectivity index (χ2n) is 6.01. The van der Waals surface area contributed by atoms with Crippen molar-refractivity contribution in [2.45, 2.75) is 31.2 Å². The van der Waals surface area contributed by atoms with E-state index in [0.717, 1.165) is 17.7 Å². The summed E-state index contributed by atoms with van der Waals surface area (Å²) in [5.41, 5.74) is 1.50. The molecule has 0 saturated carbocycles. The van der Waals surface area contributed by atoms with Gasteiger partial charge in [0, 0.05) is 30.8 Å². The van der Waals surface area contributed by atoms with Crippen molar-refractivity contribution in [1.82, 2.24) is 4.72 Å². The van der Waals surface area contributed by atoms with Crippen molar-refractivity contribution >= 4 is 21.6 Å². The van der Waals surface area contributed by atoms with Crippen molar-refractivity contribution in [3.63, 3.8) is 0 Å². The molecule has 1 aliphatic heterocycles. The van der Waals surface area contributed by atoms with Crippen LogP contribution in [0.25, 0.3) is 0 Å². The molecular formula is C19H22N2O4S. The average molecular weight is 374 g/mol. The first-order chi connectivity index (χ1) is 12.5. The lowest BCUT2D eigenvalue weighted by atomic mass is 10.2. The van der Waals surface area contributed by atoms with Crippen molar-refractivity contribution in [2.75, 3.05) is 18.1 Å². The molecule has 2 aromatic carbocycles. The summed E-state index contributed by atoms with van der Waals surface area (Å²) in [6, 6.07) is 13.7. The van der Waals surface area contributed by atoms with E-state index in [0.29, 0.717) is 25.3 Å². The van der Waals surface area contributed by atoms with E-state index in [9.17, 15) is 13.2 Å². The Morgan fingerprint density at radius 2 is 1.85 bits per heavy atom. The lowest BCUT2D eigenvalue weighted by molar-refractivity contribution is -0.117. The van der Waals surface area contributed by atoms with Crippen LogP contribution in [0.4, 0.5) is 5.69 Å². The Morgan fingerprint density at radius 1 is 1.12 bits per heavy atom. The fourth-order valence-electron chi connectivity index (χ4n) is 2.93. The molecule has 6 nitrogen and oxygen atoms in total. The van der Waals surface area contributed by atoms with Crippen LogP contribution in [0.1, 0.15) is 25.3 Å². The van der Waals surface area contributed by atoms with Crippen LogP contribution in [-0.2, 0) is 21.4 Å². The van der Waals surface area contributed by atoms with Gasteiger partial charge in [-0.2, -0.15) is 0 Å². The first-order valence-corrected chi connectivity index (χ1v) is 10.1. The number of para-hydroxylation sites is 1. The Kier molecular flexibility index (Phi) is 5.58. The van der Waals surface area contributed by atoms with Crippen LogP contribution in [0.15, 0.2) is 53.4 Å². The largest absolute Gasteiger partial charge is 0.494 e. The molecule has 138 valence electrons. The zero-order valence-electron chi connectivity index (χ0n) is 14.6. The van der Waals surface area contributed by atoms with E-state index in [2.05, 4.69) is 4.72 Å². The predicted molar refractivity (Wildman–Crippen MR) is 99.7 cm³/mol. The van der Waals surface area contributed by atoms with Crippen LogP contribution in [0.3, 0.4) is 0 Å². The maximum atomic E-state index is 12.5. The molecule has 0 aromatic heterocycles. The van der Waals surface area contributed by atoms with E-state index in [1.807, 2.05) is 31.2 Å². The topological polar surface area (TPSA) is 75.7 Å². The number of amides is 1. The third kappa shape index (κ3) is 4.05. The molecule has 1 fully saturated rings. The number of sulfonamides is 1. The number of hydrogen-bond donors (Lipinski definition) is 1. The van der Waals surface area contributed by atoms with Gasteiger partial charge in [-0.25, -0.2) is 13.1 Å². The Morgan fingerprint density at radius 3 is 2.50 bits per heavy atom. The van der Waals surface area contributed by atoms with Gasteiger partial charge in [-0.05, 0) is 43.7 Å². The summed E-state index contributed by atoms with van der Waals surface area (Å²) in [5, 5.41) is 0. The van der Waals surface area contributed by atoms with Gasteiger partial charge in [0.1, 0.15) is 5.75 Å². The van der Waals surface area contributed by atoms with Gasteiger partial charge in [0.2, 0.25) is 15.9 Å². The van der Waals surface area contributed by atoms with Gasteiger partial charge in [0.05, 0.1) is 11.5 Å². The second kappa shape index (κ2) is 7.88. The molecule has 1 heterocycles. The van der Waals surface area contributed by atoms with Crippen molar-refractivity contribution < 1.29 is 17.9 Å². The highest BCUT2D eigenvalue weighted by Crippen LogP contribution is 2.23. The van der Waals surface area contributed by atoms with Crippen LogP contribution < -0.4 is 14.4 Å². The normalized spacial score (nSPS) is 14.7. The van der Waals surface area contributed by atoms with E-state index < -0.39 is 10.0 Å². The SMILES string of the molecule is CCOc1ccccc1CNS(=O)(=O)c1ccc(N2CCCC2=O)cc1. The van der Waals surface area contributed by atoms with Gasteiger partial charge in [0.25, 0.3) is 0 Å². The van der Waals surface area contributed by atoms with Crippen LogP contribution in [-0.4, -0.2) is 27.5 Å². The minimum Gasteiger partial charge on any atom is -0.494 e. The minimum atomic E-state index is -3.65. The van der Waals surface area contributed by atoms with Crippen LogP contribution in [0.2, 0.25) is 0 Å². The van der Waals surface area contributed by atoms with Crippen molar-refractivity contribution in [3.8, 4) is 5.75 Å². The Bertz CT molecular complexity index is 879. The maximum absolute atomic E-state index is 12.5. The standard InChI is InChI=1S/C19H22N2O4S/c1-2-25-18-7-4-3-6-15(18)14-20-26(23,24)17-11-9-16(10-12-17)21-13-5-8-19(21)22/h3-4,6-7,9-12,20H,2,5,8,13-14H2,1H3. The van der Waals surface area contributed by atoms with Gasteiger partial charge in [-0.3, -0.25) is 4.79 Å². The monoisotopic (exact) mass is 374 g/mol. The highest BCUT2D eigenvalue weighted by Gasteiger charge is 2.22. The summed E-state index contributed by atoms with van der Waals surface area (Å²) in [4.78, 5) is 13.6. The van der Waals surface area contributed by atoms with Gasteiger partial charge in [-0.15, -0.1) is 0 Å². The minimum absolute atomic E-state index is 0.0752. The molecule has 0 spiro atoms. The number of rotatable bonds is 7. The van der Waals surface area contributed by atoms with Crippen molar-refractivity contribution in [3.05, 3.63) is 54.1 Å². The molecule has 1 aliphatic rings. The lowest BCUT2D eigenvalue weighted by Crippen LogP contribution is -2.25. The molecule has 26 heavy (non-hydrogen) atoms. The van der Waals surface area contributed by atoms with Crippen molar-refractivity contribution in [1.29, 1.82) is 0 Å². The fourth-order valence-corrected chi connectivity index (χ4v) is 3.94. The van der Waals surface area contributed by atoms with Crippen molar-refractivity contribution in [2.24, 2.45) is 0 Å². The van der Waals surface area contributed by atoms with Gasteiger partial charge < -0.3 is 9.64 Å². The number of carbonyl (C=O) groups is 1. The summed E-state index contributed by atoms with van der Waals surface area (Å²) < 4.78 is 33.2. The summed E-state index contributed by atoms with van der Waals surface area (Å²) in [5.74, 6) is 0.742. The molecule has 0 radical (unpaired) electrons. The number of nitrogens with zero attached hydrogens (tertiary/aromatic N) is 1. The zero-order chi connectivity index (χ0) is 18.6.